The Hall–Kier alpha value is -3.71. The lowest BCUT2D eigenvalue weighted by molar-refractivity contribution is -0.157. The van der Waals surface area contributed by atoms with E-state index in [-0.39, 0.29) is 12.0 Å². The number of halogens is 1. The van der Waals surface area contributed by atoms with Crippen molar-refractivity contribution in [2.45, 2.75) is 45.4 Å². The Morgan fingerprint density at radius 3 is 2.19 bits per heavy atom. The van der Waals surface area contributed by atoms with Gasteiger partial charge >= 0.3 is 5.97 Å². The molecule has 4 rings (SSSR count). The van der Waals surface area contributed by atoms with Gasteiger partial charge in [-0.1, -0.05) is 76.6 Å². The molecule has 1 aromatic heterocycles. The lowest BCUT2D eigenvalue weighted by atomic mass is 10.0. The van der Waals surface area contributed by atoms with E-state index in [4.69, 9.17) is 4.74 Å². The van der Waals surface area contributed by atoms with E-state index in [0.717, 1.165) is 15.6 Å². The van der Waals surface area contributed by atoms with Gasteiger partial charge in [-0.2, -0.15) is 0 Å². The van der Waals surface area contributed by atoms with E-state index in [9.17, 15) is 14.4 Å². The SMILES string of the molecule is CC(C)(C)OC(=O)[C@H](Cc1ccccc1)NC(=O)c1cn(Cc2ccccc2)c2ccc(Br)cc2c1=O. The van der Waals surface area contributed by atoms with Crippen LogP contribution in [0.3, 0.4) is 0 Å². The van der Waals surface area contributed by atoms with Gasteiger partial charge in [0, 0.05) is 29.0 Å². The number of carbonyl (C=O) groups is 2. The maximum Gasteiger partial charge on any atom is 0.329 e. The average Bonchev–Trinajstić information content (AvgIpc) is 2.85. The van der Waals surface area contributed by atoms with Gasteiger partial charge in [-0.25, -0.2) is 4.79 Å². The maximum atomic E-state index is 13.5. The highest BCUT2D eigenvalue weighted by Gasteiger charge is 2.28. The summed E-state index contributed by atoms with van der Waals surface area (Å²) in [5, 5.41) is 3.19. The molecule has 4 aromatic rings. The van der Waals surface area contributed by atoms with Crippen LogP contribution >= 0.6 is 15.9 Å². The number of rotatable bonds is 7. The number of nitrogens with one attached hydrogen (secondary N) is 1. The van der Waals surface area contributed by atoms with Gasteiger partial charge in [0.1, 0.15) is 17.2 Å². The molecule has 1 amide bonds. The average molecular weight is 561 g/mol. The number of aromatic nitrogens is 1. The monoisotopic (exact) mass is 560 g/mol. The predicted octanol–water partition coefficient (Wildman–Crippen LogP) is 5.50. The molecule has 0 bridgehead atoms. The molecule has 0 aliphatic heterocycles. The number of hydrogen-bond acceptors (Lipinski definition) is 4. The number of carbonyl (C=O) groups excluding carboxylic acids is 2. The highest BCUT2D eigenvalue weighted by atomic mass is 79.9. The van der Waals surface area contributed by atoms with Crippen LogP contribution < -0.4 is 10.7 Å². The van der Waals surface area contributed by atoms with Gasteiger partial charge in [-0.3, -0.25) is 9.59 Å². The number of benzene rings is 3. The van der Waals surface area contributed by atoms with Crippen LogP contribution in [0.2, 0.25) is 0 Å². The van der Waals surface area contributed by atoms with Crippen LogP contribution in [-0.2, 0) is 22.5 Å². The molecule has 0 aliphatic rings. The van der Waals surface area contributed by atoms with Gasteiger partial charge in [0.05, 0.1) is 5.52 Å². The Morgan fingerprint density at radius 1 is 0.946 bits per heavy atom. The summed E-state index contributed by atoms with van der Waals surface area (Å²) in [7, 11) is 0. The van der Waals surface area contributed by atoms with Crippen LogP contribution in [-0.4, -0.2) is 28.1 Å². The summed E-state index contributed by atoms with van der Waals surface area (Å²) in [6.45, 7) is 5.79. The molecule has 0 saturated carbocycles. The predicted molar refractivity (Wildman–Crippen MR) is 149 cm³/mol. The molecule has 7 heteroatoms. The zero-order valence-electron chi connectivity index (χ0n) is 21.0. The van der Waals surface area contributed by atoms with Gasteiger partial charge in [0.2, 0.25) is 5.43 Å². The van der Waals surface area contributed by atoms with E-state index in [1.807, 2.05) is 77.4 Å². The van der Waals surface area contributed by atoms with Gasteiger partial charge in [0.25, 0.3) is 5.91 Å². The van der Waals surface area contributed by atoms with E-state index < -0.39 is 28.9 Å². The zero-order valence-corrected chi connectivity index (χ0v) is 22.6. The lowest BCUT2D eigenvalue weighted by Gasteiger charge is -2.25. The third-order valence-electron chi connectivity index (χ3n) is 5.76. The molecule has 0 unspecified atom stereocenters. The van der Waals surface area contributed by atoms with E-state index in [0.29, 0.717) is 17.4 Å². The van der Waals surface area contributed by atoms with Gasteiger partial charge < -0.3 is 14.6 Å². The summed E-state index contributed by atoms with van der Waals surface area (Å²) >= 11 is 3.43. The molecule has 190 valence electrons. The van der Waals surface area contributed by atoms with Crippen molar-refractivity contribution < 1.29 is 14.3 Å². The molecule has 0 fully saturated rings. The molecule has 37 heavy (non-hydrogen) atoms. The van der Waals surface area contributed by atoms with Crippen molar-refractivity contribution in [1.82, 2.24) is 9.88 Å². The maximum absolute atomic E-state index is 13.5. The Labute approximate surface area is 224 Å². The van der Waals surface area contributed by atoms with Crippen LogP contribution in [0.1, 0.15) is 42.3 Å². The minimum Gasteiger partial charge on any atom is -0.458 e. The second-order valence-corrected chi connectivity index (χ2v) is 10.8. The number of ether oxygens (including phenoxy) is 1. The first-order valence-corrected chi connectivity index (χ1v) is 12.8. The second kappa shape index (κ2) is 11.1. The van der Waals surface area contributed by atoms with Crippen molar-refractivity contribution in [2.24, 2.45) is 0 Å². The van der Waals surface area contributed by atoms with Crippen LogP contribution in [0.4, 0.5) is 0 Å². The summed E-state index contributed by atoms with van der Waals surface area (Å²) in [5.41, 5.74) is 1.43. The first-order chi connectivity index (χ1) is 17.6. The molecule has 1 N–H and O–H groups in total. The van der Waals surface area contributed by atoms with Gasteiger partial charge in [0.15, 0.2) is 0 Å². The molecule has 0 aliphatic carbocycles. The molecule has 1 heterocycles. The molecule has 0 saturated heterocycles. The Kier molecular flexibility index (Phi) is 7.93. The number of fused-ring (bicyclic) bond motifs is 1. The molecular weight excluding hydrogens is 532 g/mol. The fraction of sp³-hybridized carbons (Fsp3) is 0.233. The smallest absolute Gasteiger partial charge is 0.329 e. The van der Waals surface area contributed by atoms with Crippen molar-refractivity contribution in [2.75, 3.05) is 0 Å². The van der Waals surface area contributed by atoms with Crippen molar-refractivity contribution in [3.63, 3.8) is 0 Å². The minimum atomic E-state index is -0.964. The third-order valence-corrected chi connectivity index (χ3v) is 6.26. The van der Waals surface area contributed by atoms with Crippen molar-refractivity contribution in [3.8, 4) is 0 Å². The standard InChI is InChI=1S/C30H29BrN2O4/c1-30(2,3)37-29(36)25(16-20-10-6-4-7-11-20)32-28(35)24-19-33(18-21-12-8-5-9-13-21)26-15-14-22(31)17-23(26)27(24)34/h4-15,17,19,25H,16,18H2,1-3H3,(H,32,35)/t25-/m0/s1. The number of nitrogens with zero attached hydrogens (tertiary/aromatic N) is 1. The van der Waals surface area contributed by atoms with Crippen molar-refractivity contribution in [3.05, 3.63) is 116 Å². The summed E-state index contributed by atoms with van der Waals surface area (Å²) in [5.74, 6) is -1.18. The first-order valence-electron chi connectivity index (χ1n) is 12.0. The third kappa shape index (κ3) is 6.74. The highest BCUT2D eigenvalue weighted by Crippen LogP contribution is 2.20. The number of esters is 1. The summed E-state index contributed by atoms with van der Waals surface area (Å²) < 4.78 is 8.20. The largest absolute Gasteiger partial charge is 0.458 e. The Bertz CT molecular complexity index is 1470. The normalized spacial score (nSPS) is 12.2. The van der Waals surface area contributed by atoms with Crippen LogP contribution in [0.5, 0.6) is 0 Å². The molecule has 1 atom stereocenters. The van der Waals surface area contributed by atoms with Crippen LogP contribution in [0, 0.1) is 0 Å². The van der Waals surface area contributed by atoms with Crippen molar-refractivity contribution in [1.29, 1.82) is 0 Å². The fourth-order valence-electron chi connectivity index (χ4n) is 4.09. The van der Waals surface area contributed by atoms with Crippen molar-refractivity contribution >= 4 is 38.7 Å². The summed E-state index contributed by atoms with van der Waals surface area (Å²) in [6.07, 6.45) is 1.80. The van der Waals surface area contributed by atoms with Crippen LogP contribution in [0.15, 0.2) is 94.3 Å². The summed E-state index contributed by atoms with van der Waals surface area (Å²) in [6, 6.07) is 23.6. The molecule has 6 nitrogen and oxygen atoms in total. The van der Waals surface area contributed by atoms with Gasteiger partial charge in [-0.15, -0.1) is 0 Å². The number of pyridine rings is 1. The first kappa shape index (κ1) is 26.4. The fourth-order valence-corrected chi connectivity index (χ4v) is 4.46. The van der Waals surface area contributed by atoms with E-state index >= 15 is 0 Å². The Balaban J connectivity index is 1.73. The number of amides is 1. The molecular formula is C30H29BrN2O4. The number of hydrogen-bond donors (Lipinski definition) is 1. The minimum absolute atomic E-state index is 0.0387. The topological polar surface area (TPSA) is 77.4 Å². The Morgan fingerprint density at radius 2 is 1.57 bits per heavy atom. The summed E-state index contributed by atoms with van der Waals surface area (Å²) in [4.78, 5) is 40.0. The van der Waals surface area contributed by atoms with Crippen LogP contribution in [0.25, 0.3) is 10.9 Å². The molecule has 3 aromatic carbocycles. The van der Waals surface area contributed by atoms with E-state index in [2.05, 4.69) is 21.2 Å². The molecule has 0 radical (unpaired) electrons. The van der Waals surface area contributed by atoms with E-state index in [1.54, 1.807) is 33.0 Å². The van der Waals surface area contributed by atoms with E-state index in [1.165, 1.54) is 0 Å². The quantitative estimate of drug-likeness (QED) is 0.303. The zero-order chi connectivity index (χ0) is 26.6. The van der Waals surface area contributed by atoms with Gasteiger partial charge in [-0.05, 0) is 50.1 Å². The highest BCUT2D eigenvalue weighted by molar-refractivity contribution is 9.10. The molecule has 0 spiro atoms. The second-order valence-electron chi connectivity index (χ2n) is 9.90. The lowest BCUT2D eigenvalue weighted by Crippen LogP contribution is -2.46.